The summed E-state index contributed by atoms with van der Waals surface area (Å²) >= 11 is 0. The molecule has 11 heavy (non-hydrogen) atoms. The van der Waals surface area contributed by atoms with Gasteiger partial charge >= 0.3 is 0 Å². The Hall–Kier alpha value is -0.520. The third-order valence-electron chi connectivity index (χ3n) is 2.69. The van der Waals surface area contributed by atoms with Crippen molar-refractivity contribution in [3.8, 4) is 0 Å². The molecule has 1 rings (SSSR count). The highest BCUT2D eigenvalue weighted by Crippen LogP contribution is 2.29. The Balaban J connectivity index is 2.47. The molecule has 0 N–H and O–H groups in total. The lowest BCUT2D eigenvalue weighted by Crippen LogP contribution is -2.11. The molecule has 0 radical (unpaired) electrons. The Morgan fingerprint density at radius 1 is 1.64 bits per heavy atom. The summed E-state index contributed by atoms with van der Waals surface area (Å²) in [6, 6.07) is 0. The van der Waals surface area contributed by atoms with E-state index >= 15 is 0 Å². The fraction of sp³-hybridized carbons (Fsp3) is 0.636. The quantitative estimate of drug-likeness (QED) is 0.564. The van der Waals surface area contributed by atoms with Crippen molar-refractivity contribution >= 4 is 0 Å². The highest BCUT2D eigenvalue weighted by atomic mass is 14.2. The molecule has 62 valence electrons. The molecule has 1 atom stereocenters. The predicted molar refractivity (Wildman–Crippen MR) is 50.5 cm³/mol. The fourth-order valence-electron chi connectivity index (χ4n) is 1.67. The van der Waals surface area contributed by atoms with Crippen LogP contribution in [0.1, 0.15) is 33.1 Å². The molecule has 0 aromatic carbocycles. The van der Waals surface area contributed by atoms with Gasteiger partial charge < -0.3 is 0 Å². The molecule has 0 heterocycles. The van der Waals surface area contributed by atoms with Crippen LogP contribution < -0.4 is 0 Å². The third kappa shape index (κ3) is 2.21. The van der Waals surface area contributed by atoms with Crippen molar-refractivity contribution in [2.45, 2.75) is 33.1 Å². The Morgan fingerprint density at radius 2 is 2.36 bits per heavy atom. The van der Waals surface area contributed by atoms with Crippen molar-refractivity contribution in [2.75, 3.05) is 0 Å². The van der Waals surface area contributed by atoms with Crippen LogP contribution in [-0.4, -0.2) is 0 Å². The lowest BCUT2D eigenvalue weighted by Gasteiger charge is -2.23. The molecule has 1 aliphatic carbocycles. The van der Waals surface area contributed by atoms with E-state index < -0.39 is 0 Å². The van der Waals surface area contributed by atoms with Gasteiger partial charge in [-0.1, -0.05) is 38.2 Å². The molecule has 0 saturated heterocycles. The number of rotatable bonds is 2. The summed E-state index contributed by atoms with van der Waals surface area (Å²) in [5, 5.41) is 0. The zero-order chi connectivity index (χ0) is 8.27. The first-order valence-electron chi connectivity index (χ1n) is 4.55. The van der Waals surface area contributed by atoms with E-state index in [4.69, 9.17) is 0 Å². The molecule has 0 aromatic rings. The summed E-state index contributed by atoms with van der Waals surface area (Å²) in [6.07, 6.45) is 8.21. The minimum absolute atomic E-state index is 0.845. The van der Waals surface area contributed by atoms with Gasteiger partial charge in [-0.15, -0.1) is 0 Å². The molecule has 0 amide bonds. The minimum Gasteiger partial charge on any atom is -0.0988 e. The average molecular weight is 150 g/mol. The van der Waals surface area contributed by atoms with Gasteiger partial charge in [-0.3, -0.25) is 0 Å². The summed E-state index contributed by atoms with van der Waals surface area (Å²) in [7, 11) is 0. The Kier molecular flexibility index (Phi) is 2.92. The first-order chi connectivity index (χ1) is 5.24. The molecule has 0 aromatic heterocycles. The van der Waals surface area contributed by atoms with Crippen LogP contribution in [0.5, 0.6) is 0 Å². The van der Waals surface area contributed by atoms with Gasteiger partial charge in [-0.2, -0.15) is 0 Å². The second-order valence-electron chi connectivity index (χ2n) is 3.76. The van der Waals surface area contributed by atoms with E-state index in [0.29, 0.717) is 0 Å². The van der Waals surface area contributed by atoms with Crippen molar-refractivity contribution in [3.05, 3.63) is 24.3 Å². The number of hydrogen-bond acceptors (Lipinski definition) is 0. The largest absolute Gasteiger partial charge is 0.0988 e. The number of allylic oxidation sites excluding steroid dienone is 3. The molecule has 0 spiro atoms. The highest BCUT2D eigenvalue weighted by Gasteiger charge is 2.15. The van der Waals surface area contributed by atoms with Crippen LogP contribution in [0.25, 0.3) is 0 Å². The van der Waals surface area contributed by atoms with Crippen LogP contribution in [0.4, 0.5) is 0 Å². The molecule has 0 nitrogen and oxygen atoms in total. The lowest BCUT2D eigenvalue weighted by molar-refractivity contribution is 0.352. The van der Waals surface area contributed by atoms with Crippen LogP contribution in [0.2, 0.25) is 0 Å². The Bertz CT molecular complexity index is 163. The van der Waals surface area contributed by atoms with Gasteiger partial charge in [0.25, 0.3) is 0 Å². The van der Waals surface area contributed by atoms with Gasteiger partial charge in [-0.05, 0) is 31.1 Å². The van der Waals surface area contributed by atoms with E-state index in [1.807, 2.05) is 6.08 Å². The van der Waals surface area contributed by atoms with Crippen molar-refractivity contribution in [3.63, 3.8) is 0 Å². The maximum Gasteiger partial charge on any atom is -0.0279 e. The molecule has 0 bridgehead atoms. The zero-order valence-electron chi connectivity index (χ0n) is 7.64. The van der Waals surface area contributed by atoms with Crippen LogP contribution >= 0.6 is 0 Å². The van der Waals surface area contributed by atoms with Crippen molar-refractivity contribution in [1.82, 2.24) is 0 Å². The van der Waals surface area contributed by atoms with Gasteiger partial charge in [0.05, 0.1) is 0 Å². The fourth-order valence-corrected chi connectivity index (χ4v) is 1.67. The van der Waals surface area contributed by atoms with Gasteiger partial charge in [-0.25, -0.2) is 0 Å². The van der Waals surface area contributed by atoms with Crippen LogP contribution in [0.3, 0.4) is 0 Å². The van der Waals surface area contributed by atoms with Gasteiger partial charge in [0.15, 0.2) is 0 Å². The smallest absolute Gasteiger partial charge is 0.0279 e. The first kappa shape index (κ1) is 8.58. The Morgan fingerprint density at radius 3 is 2.73 bits per heavy atom. The summed E-state index contributed by atoms with van der Waals surface area (Å²) < 4.78 is 0. The van der Waals surface area contributed by atoms with E-state index in [2.05, 4.69) is 26.5 Å². The van der Waals surface area contributed by atoms with E-state index in [-0.39, 0.29) is 0 Å². The normalized spacial score (nSPS) is 25.0. The summed E-state index contributed by atoms with van der Waals surface area (Å²) in [5.74, 6) is 1.76. The maximum atomic E-state index is 3.79. The summed E-state index contributed by atoms with van der Waals surface area (Å²) in [5.41, 5.74) is 1.45. The van der Waals surface area contributed by atoms with Crippen molar-refractivity contribution in [1.29, 1.82) is 0 Å². The monoisotopic (exact) mass is 150 g/mol. The maximum absolute atomic E-state index is 3.79. The summed E-state index contributed by atoms with van der Waals surface area (Å²) in [6.45, 7) is 8.42. The van der Waals surface area contributed by atoms with E-state index in [1.54, 1.807) is 0 Å². The second kappa shape index (κ2) is 3.75. The Labute approximate surface area is 70.0 Å². The highest BCUT2D eigenvalue weighted by molar-refractivity contribution is 5.18. The van der Waals surface area contributed by atoms with Crippen LogP contribution in [0, 0.1) is 11.8 Å². The summed E-state index contributed by atoms with van der Waals surface area (Å²) in [4.78, 5) is 0. The lowest BCUT2D eigenvalue weighted by atomic mass is 9.82. The molecule has 1 aliphatic rings. The molecular weight excluding hydrogens is 132 g/mol. The molecule has 0 saturated carbocycles. The first-order valence-corrected chi connectivity index (χ1v) is 4.55. The predicted octanol–water partition coefficient (Wildman–Crippen LogP) is 3.55. The average Bonchev–Trinajstić information content (AvgIpc) is 2.05. The van der Waals surface area contributed by atoms with Gasteiger partial charge in [0.2, 0.25) is 0 Å². The van der Waals surface area contributed by atoms with Crippen molar-refractivity contribution in [2.24, 2.45) is 11.8 Å². The standard InChI is InChI=1S/C11H18/c1-4-10-5-7-11(8-6-10)9(2)3/h4-5,9,11H,1,6-8H2,2-3H3. The van der Waals surface area contributed by atoms with E-state index in [1.165, 1.54) is 24.8 Å². The van der Waals surface area contributed by atoms with Crippen molar-refractivity contribution < 1.29 is 0 Å². The topological polar surface area (TPSA) is 0 Å². The molecule has 0 aliphatic heterocycles. The SMILES string of the molecule is C=CC1=CCC(C(C)C)CC1. The molecule has 0 fully saturated rings. The third-order valence-corrected chi connectivity index (χ3v) is 2.69. The molecule has 0 heteroatoms. The molecular formula is C11H18. The second-order valence-corrected chi connectivity index (χ2v) is 3.76. The van der Waals surface area contributed by atoms with E-state index in [0.717, 1.165) is 11.8 Å². The minimum atomic E-state index is 0.845. The van der Waals surface area contributed by atoms with Gasteiger partial charge in [0, 0.05) is 0 Å². The van der Waals surface area contributed by atoms with Gasteiger partial charge in [0.1, 0.15) is 0 Å². The van der Waals surface area contributed by atoms with Crippen LogP contribution in [0.15, 0.2) is 24.3 Å². The zero-order valence-corrected chi connectivity index (χ0v) is 7.64. The molecule has 1 unspecified atom stereocenters. The van der Waals surface area contributed by atoms with Crippen LogP contribution in [-0.2, 0) is 0 Å². The van der Waals surface area contributed by atoms with E-state index in [9.17, 15) is 0 Å². The number of hydrogen-bond donors (Lipinski definition) is 0.